The maximum Gasteiger partial charge on any atom is 0.260 e. The average molecular weight is 444 g/mol. The Morgan fingerprint density at radius 1 is 1.00 bits per heavy atom. The van der Waals surface area contributed by atoms with Gasteiger partial charge in [-0.15, -0.1) is 0 Å². The van der Waals surface area contributed by atoms with Gasteiger partial charge in [-0.3, -0.25) is 9.59 Å². The van der Waals surface area contributed by atoms with Crippen LogP contribution in [0.15, 0.2) is 82.8 Å². The van der Waals surface area contributed by atoms with Gasteiger partial charge in [0.15, 0.2) is 5.84 Å². The van der Waals surface area contributed by atoms with Crippen LogP contribution in [0.2, 0.25) is 0 Å². The lowest BCUT2D eigenvalue weighted by atomic mass is 9.96. The standard InChI is InChI=1S/C26H25N3O4/c1-32-20-14-19(15-21(16-20)33-2)26(31)29(13-12-18-8-4-3-5-9-18)17-24-27-23-11-7-6-10-22(23)25(30)28-24/h3-11,14-16,22H,12-13,17H2,1-2H3. The van der Waals surface area contributed by atoms with Crippen molar-refractivity contribution in [2.75, 3.05) is 27.3 Å². The van der Waals surface area contributed by atoms with E-state index >= 15 is 0 Å². The van der Waals surface area contributed by atoms with E-state index in [1.807, 2.05) is 42.5 Å². The fourth-order valence-electron chi connectivity index (χ4n) is 3.73. The number of ether oxygens (including phenoxy) is 2. The molecule has 2 aliphatic rings. The second kappa shape index (κ2) is 10.1. The van der Waals surface area contributed by atoms with Crippen LogP contribution in [0.3, 0.4) is 0 Å². The number of methoxy groups -OCH3 is 2. The third-order valence-corrected chi connectivity index (χ3v) is 5.49. The molecule has 0 radical (unpaired) electrons. The van der Waals surface area contributed by atoms with Crippen LogP contribution in [0.4, 0.5) is 0 Å². The Morgan fingerprint density at radius 3 is 2.42 bits per heavy atom. The Balaban J connectivity index is 1.61. The Morgan fingerprint density at radius 2 is 1.73 bits per heavy atom. The van der Waals surface area contributed by atoms with Crippen LogP contribution in [-0.4, -0.2) is 55.6 Å². The average Bonchev–Trinajstić information content (AvgIpc) is 2.86. The van der Waals surface area contributed by atoms with Crippen LogP contribution >= 0.6 is 0 Å². The minimum atomic E-state index is -0.449. The fraction of sp³-hybridized carbons (Fsp3) is 0.231. The first-order chi connectivity index (χ1) is 16.1. The summed E-state index contributed by atoms with van der Waals surface area (Å²) >= 11 is 0. The first-order valence-corrected chi connectivity index (χ1v) is 10.7. The van der Waals surface area contributed by atoms with Crippen LogP contribution in [0.5, 0.6) is 11.5 Å². The highest BCUT2D eigenvalue weighted by Crippen LogP contribution is 2.24. The zero-order valence-corrected chi connectivity index (χ0v) is 18.6. The van der Waals surface area contributed by atoms with E-state index < -0.39 is 5.92 Å². The minimum Gasteiger partial charge on any atom is -0.497 e. The molecule has 2 amide bonds. The summed E-state index contributed by atoms with van der Waals surface area (Å²) < 4.78 is 10.6. The number of fused-ring (bicyclic) bond motifs is 1. The fourth-order valence-corrected chi connectivity index (χ4v) is 3.73. The monoisotopic (exact) mass is 443 g/mol. The largest absolute Gasteiger partial charge is 0.497 e. The molecule has 168 valence electrons. The van der Waals surface area contributed by atoms with E-state index in [1.54, 1.807) is 35.3 Å². The normalized spacial score (nSPS) is 16.5. The molecule has 2 aromatic rings. The topological polar surface area (TPSA) is 80.6 Å². The molecule has 1 aliphatic carbocycles. The number of carbonyl (C=O) groups excluding carboxylic acids is 2. The van der Waals surface area contributed by atoms with Crippen molar-refractivity contribution >= 4 is 23.4 Å². The van der Waals surface area contributed by atoms with Gasteiger partial charge in [0.05, 0.1) is 26.5 Å². The second-order valence-corrected chi connectivity index (χ2v) is 7.69. The van der Waals surface area contributed by atoms with Crippen molar-refractivity contribution in [3.05, 3.63) is 84.0 Å². The van der Waals surface area contributed by atoms with E-state index in [2.05, 4.69) is 9.98 Å². The number of amidine groups is 1. The summed E-state index contributed by atoms with van der Waals surface area (Å²) in [6.45, 7) is 0.546. The zero-order chi connectivity index (χ0) is 23.2. The molecule has 0 aromatic heterocycles. The molecule has 4 rings (SSSR count). The Labute approximate surface area is 192 Å². The number of benzene rings is 2. The second-order valence-electron chi connectivity index (χ2n) is 7.69. The van der Waals surface area contributed by atoms with Gasteiger partial charge < -0.3 is 14.4 Å². The van der Waals surface area contributed by atoms with Gasteiger partial charge in [0, 0.05) is 18.2 Å². The first kappa shape index (κ1) is 22.2. The predicted molar refractivity (Wildman–Crippen MR) is 127 cm³/mol. The number of allylic oxidation sites excluding steroid dienone is 3. The maximum atomic E-state index is 13.5. The molecule has 1 atom stereocenters. The molecule has 2 aromatic carbocycles. The van der Waals surface area contributed by atoms with Crippen LogP contribution in [0, 0.1) is 5.92 Å². The lowest BCUT2D eigenvalue weighted by molar-refractivity contribution is -0.118. The third-order valence-electron chi connectivity index (χ3n) is 5.49. The van der Waals surface area contributed by atoms with Gasteiger partial charge in [-0.25, -0.2) is 4.99 Å². The van der Waals surface area contributed by atoms with Crippen molar-refractivity contribution in [1.29, 1.82) is 0 Å². The van der Waals surface area contributed by atoms with E-state index in [9.17, 15) is 9.59 Å². The lowest BCUT2D eigenvalue weighted by Crippen LogP contribution is -2.39. The van der Waals surface area contributed by atoms with E-state index in [-0.39, 0.29) is 18.4 Å². The SMILES string of the molecule is COc1cc(OC)cc(C(=O)N(CCc2ccccc2)CC2=NC(=O)C3C=CC=CC3=N2)c1. The highest BCUT2D eigenvalue weighted by Gasteiger charge is 2.28. The van der Waals surface area contributed by atoms with Crippen molar-refractivity contribution in [1.82, 2.24) is 4.90 Å². The van der Waals surface area contributed by atoms with Gasteiger partial charge in [0.25, 0.3) is 11.8 Å². The number of amides is 2. The van der Waals surface area contributed by atoms with E-state index in [1.165, 1.54) is 14.2 Å². The summed E-state index contributed by atoms with van der Waals surface area (Å²) in [5.74, 6) is 0.423. The highest BCUT2D eigenvalue weighted by atomic mass is 16.5. The van der Waals surface area contributed by atoms with E-state index in [4.69, 9.17) is 9.47 Å². The number of rotatable bonds is 8. The molecule has 1 heterocycles. The van der Waals surface area contributed by atoms with Gasteiger partial charge >= 0.3 is 0 Å². The third kappa shape index (κ3) is 5.26. The molecule has 1 unspecified atom stereocenters. The molecule has 0 N–H and O–H groups in total. The Bertz CT molecular complexity index is 1140. The summed E-state index contributed by atoms with van der Waals surface area (Å²) in [4.78, 5) is 36.4. The lowest BCUT2D eigenvalue weighted by Gasteiger charge is -2.25. The molecular weight excluding hydrogens is 418 g/mol. The summed E-state index contributed by atoms with van der Waals surface area (Å²) in [5.41, 5.74) is 2.17. The van der Waals surface area contributed by atoms with Crippen LogP contribution < -0.4 is 9.47 Å². The van der Waals surface area contributed by atoms with Crippen LogP contribution in [-0.2, 0) is 11.2 Å². The Kier molecular flexibility index (Phi) is 6.78. The van der Waals surface area contributed by atoms with Gasteiger partial charge in [-0.05, 0) is 30.2 Å². The van der Waals surface area contributed by atoms with Crippen molar-refractivity contribution in [2.24, 2.45) is 15.9 Å². The summed E-state index contributed by atoms with van der Waals surface area (Å²) in [6.07, 6.45) is 7.89. The van der Waals surface area contributed by atoms with Gasteiger partial charge in [0.2, 0.25) is 0 Å². The van der Waals surface area contributed by atoms with Gasteiger partial charge in [0.1, 0.15) is 17.4 Å². The molecule has 1 aliphatic heterocycles. The van der Waals surface area contributed by atoms with E-state index in [0.29, 0.717) is 41.6 Å². The molecule has 7 nitrogen and oxygen atoms in total. The number of aliphatic imine (C=N–C) groups is 2. The molecule has 0 saturated heterocycles. The van der Waals surface area contributed by atoms with E-state index in [0.717, 1.165) is 5.56 Å². The minimum absolute atomic E-state index is 0.116. The quantitative estimate of drug-likeness (QED) is 0.625. The van der Waals surface area contributed by atoms with Crippen molar-refractivity contribution in [2.45, 2.75) is 6.42 Å². The van der Waals surface area contributed by atoms with Crippen molar-refractivity contribution < 1.29 is 19.1 Å². The summed E-state index contributed by atoms with van der Waals surface area (Å²) in [7, 11) is 3.08. The molecular formula is C26H25N3O4. The zero-order valence-electron chi connectivity index (χ0n) is 18.6. The van der Waals surface area contributed by atoms with Crippen LogP contribution in [0.25, 0.3) is 0 Å². The number of nitrogens with zero attached hydrogens (tertiary/aromatic N) is 3. The maximum absolute atomic E-state index is 13.5. The van der Waals surface area contributed by atoms with Crippen molar-refractivity contribution in [3.8, 4) is 11.5 Å². The highest BCUT2D eigenvalue weighted by molar-refractivity contribution is 6.22. The first-order valence-electron chi connectivity index (χ1n) is 10.7. The van der Waals surface area contributed by atoms with Gasteiger partial charge in [-0.1, -0.05) is 48.6 Å². The van der Waals surface area contributed by atoms with Gasteiger partial charge in [-0.2, -0.15) is 4.99 Å². The number of hydrogen-bond donors (Lipinski definition) is 0. The summed E-state index contributed by atoms with van der Waals surface area (Å²) in [6, 6.07) is 15.0. The molecule has 0 bridgehead atoms. The molecule has 0 fully saturated rings. The van der Waals surface area contributed by atoms with Crippen LogP contribution in [0.1, 0.15) is 15.9 Å². The predicted octanol–water partition coefficient (Wildman–Crippen LogP) is 3.51. The Hall–Kier alpha value is -4.00. The van der Waals surface area contributed by atoms with Crippen molar-refractivity contribution in [3.63, 3.8) is 0 Å². The molecule has 0 spiro atoms. The molecule has 33 heavy (non-hydrogen) atoms. The summed E-state index contributed by atoms with van der Waals surface area (Å²) in [5, 5.41) is 0. The smallest absolute Gasteiger partial charge is 0.260 e. The number of hydrogen-bond acceptors (Lipinski definition) is 5. The molecule has 0 saturated carbocycles. The molecule has 7 heteroatoms. The number of carbonyl (C=O) groups is 2.